The minimum atomic E-state index is -0.348. The quantitative estimate of drug-likeness (QED) is 0.618. The van der Waals surface area contributed by atoms with Crippen LogP contribution in [0, 0.1) is 45.3 Å². The molecule has 168 valence electrons. The zero-order valence-corrected chi connectivity index (χ0v) is 19.4. The molecule has 0 saturated heterocycles. The maximum absolute atomic E-state index is 11.7. The lowest BCUT2D eigenvalue weighted by atomic mass is 9.35. The largest absolute Gasteiger partial charge is 0.455 e. The molecule has 4 fully saturated rings. The molecule has 0 bridgehead atoms. The van der Waals surface area contributed by atoms with E-state index in [0.29, 0.717) is 11.8 Å². The van der Waals surface area contributed by atoms with E-state index in [0.717, 1.165) is 38.5 Å². The minimum Gasteiger partial charge on any atom is -0.455 e. The third-order valence-electron chi connectivity index (χ3n) is 11.5. The van der Waals surface area contributed by atoms with Crippen molar-refractivity contribution in [1.82, 2.24) is 0 Å². The molecule has 4 heteroatoms. The highest BCUT2D eigenvalue weighted by Gasteiger charge is 2.70. The number of carbonyl (C=O) groups is 1. The number of fused-ring (bicyclic) bond motifs is 5. The fourth-order valence-electron chi connectivity index (χ4n) is 9.79. The van der Waals surface area contributed by atoms with E-state index in [4.69, 9.17) is 4.74 Å². The lowest BCUT2D eigenvalue weighted by Gasteiger charge is -2.70. The first-order valence-electron chi connectivity index (χ1n) is 12.2. The van der Waals surface area contributed by atoms with Crippen LogP contribution in [-0.2, 0) is 9.53 Å². The Labute approximate surface area is 181 Å². The smallest absolute Gasteiger partial charge is 0.331 e. The molecule has 4 aliphatic carbocycles. The molecular formula is C26H40O4. The number of ether oxygens (including phenoxy) is 1. The monoisotopic (exact) mass is 416 g/mol. The molecule has 0 aromatic heterocycles. The number of carbonyl (C=O) groups excluding carboxylic acids is 1. The lowest BCUT2D eigenvalue weighted by molar-refractivity contribution is -0.243. The molecule has 4 nitrogen and oxygen atoms in total. The maximum atomic E-state index is 11.7. The zero-order chi connectivity index (χ0) is 21.7. The first-order chi connectivity index (χ1) is 13.9. The highest BCUT2D eigenvalue weighted by Crippen LogP contribution is 2.75. The van der Waals surface area contributed by atoms with E-state index in [2.05, 4.69) is 34.6 Å². The van der Waals surface area contributed by atoms with Gasteiger partial charge < -0.3 is 14.9 Å². The lowest BCUT2D eigenvalue weighted by Crippen LogP contribution is -2.66. The van der Waals surface area contributed by atoms with Crippen molar-refractivity contribution in [3.05, 3.63) is 12.2 Å². The molecule has 5 aliphatic rings. The van der Waals surface area contributed by atoms with Gasteiger partial charge in [0.25, 0.3) is 0 Å². The van der Waals surface area contributed by atoms with Gasteiger partial charge in [0, 0.05) is 12.0 Å². The summed E-state index contributed by atoms with van der Waals surface area (Å²) in [6.07, 6.45) is 9.95. The number of cyclic esters (lactones) is 1. The van der Waals surface area contributed by atoms with E-state index in [9.17, 15) is 15.0 Å². The number of hydrogen-bond donors (Lipinski definition) is 2. The predicted molar refractivity (Wildman–Crippen MR) is 115 cm³/mol. The third-order valence-corrected chi connectivity index (χ3v) is 11.5. The van der Waals surface area contributed by atoms with Gasteiger partial charge in [-0.25, -0.2) is 4.79 Å². The van der Waals surface area contributed by atoms with Crippen LogP contribution in [-0.4, -0.2) is 34.5 Å². The molecule has 4 saturated carbocycles. The summed E-state index contributed by atoms with van der Waals surface area (Å²) in [6, 6.07) is 0. The summed E-state index contributed by atoms with van der Waals surface area (Å²) >= 11 is 0. The van der Waals surface area contributed by atoms with Crippen LogP contribution in [0.15, 0.2) is 12.2 Å². The molecule has 0 aromatic carbocycles. The van der Waals surface area contributed by atoms with Crippen molar-refractivity contribution in [1.29, 1.82) is 0 Å². The Hall–Kier alpha value is -0.870. The average molecular weight is 417 g/mol. The highest BCUT2D eigenvalue weighted by molar-refractivity contribution is 5.84. The van der Waals surface area contributed by atoms with Crippen molar-refractivity contribution in [2.75, 3.05) is 0 Å². The van der Waals surface area contributed by atoms with Crippen LogP contribution in [0.5, 0.6) is 0 Å². The topological polar surface area (TPSA) is 66.8 Å². The first-order valence-corrected chi connectivity index (χ1v) is 12.2. The van der Waals surface area contributed by atoms with Gasteiger partial charge in [0.05, 0.1) is 12.2 Å². The average Bonchev–Trinajstić information content (AvgIpc) is 3.25. The molecule has 0 amide bonds. The molecule has 0 radical (unpaired) electrons. The van der Waals surface area contributed by atoms with Crippen LogP contribution in [0.2, 0.25) is 0 Å². The van der Waals surface area contributed by atoms with E-state index in [1.165, 1.54) is 6.42 Å². The van der Waals surface area contributed by atoms with E-state index in [-0.39, 0.29) is 57.8 Å². The fraction of sp³-hybridized carbons (Fsp3) is 0.885. The number of hydrogen-bond acceptors (Lipinski definition) is 4. The summed E-state index contributed by atoms with van der Waals surface area (Å²) in [5, 5.41) is 22.4. The molecule has 1 aliphatic heterocycles. The minimum absolute atomic E-state index is 0.0526. The van der Waals surface area contributed by atoms with Gasteiger partial charge in [0.2, 0.25) is 0 Å². The van der Waals surface area contributed by atoms with Crippen molar-refractivity contribution in [2.24, 2.45) is 45.3 Å². The second-order valence-electron chi connectivity index (χ2n) is 12.7. The van der Waals surface area contributed by atoms with Crippen molar-refractivity contribution in [3.63, 3.8) is 0 Å². The van der Waals surface area contributed by atoms with E-state index in [1.807, 2.05) is 6.08 Å². The molecular weight excluding hydrogens is 376 g/mol. The van der Waals surface area contributed by atoms with Gasteiger partial charge in [0.15, 0.2) is 0 Å². The summed E-state index contributed by atoms with van der Waals surface area (Å²) in [4.78, 5) is 11.7. The fourth-order valence-corrected chi connectivity index (χ4v) is 9.79. The highest BCUT2D eigenvalue weighted by atomic mass is 16.5. The Morgan fingerprint density at radius 2 is 1.63 bits per heavy atom. The summed E-state index contributed by atoms with van der Waals surface area (Å²) in [5.41, 5.74) is 0.305. The molecule has 5 rings (SSSR count). The Kier molecular flexibility index (Phi) is 4.44. The standard InChI is InChI=1S/C26H40O4/c1-23(2)18-9-13-25(4)19(24(18,3)11-10-20(23)28)14-16(27)22-15(8-12-26(22,25)5)17-6-7-21(29)30-17/h6-7,15-20,22,27-28H,8-14H2,1-5H3/t15-,16-,17+,18+,19-,20+,22+,24+,25-,26-/m1/s1. The van der Waals surface area contributed by atoms with Crippen LogP contribution in [0.25, 0.3) is 0 Å². The number of rotatable bonds is 1. The molecule has 30 heavy (non-hydrogen) atoms. The molecule has 2 N–H and O–H groups in total. The Balaban J connectivity index is 1.52. The molecule has 1 heterocycles. The van der Waals surface area contributed by atoms with Crippen LogP contribution in [0.4, 0.5) is 0 Å². The van der Waals surface area contributed by atoms with Crippen LogP contribution >= 0.6 is 0 Å². The SMILES string of the molecule is CC1(C)[C@@H](O)CC[C@]2(C)[C@H]3C[C@@H](O)[C@@H]4[C@@H]([C@@H]5C=CC(=O)O5)CC[C@@]4(C)[C@]3(C)CC[C@@H]12. The number of aliphatic hydroxyl groups is 2. The van der Waals surface area contributed by atoms with Gasteiger partial charge in [-0.1, -0.05) is 34.6 Å². The van der Waals surface area contributed by atoms with Gasteiger partial charge >= 0.3 is 5.97 Å². The van der Waals surface area contributed by atoms with Gasteiger partial charge in [0.1, 0.15) is 6.10 Å². The predicted octanol–water partition coefficient (Wildman–Crippen LogP) is 4.48. The van der Waals surface area contributed by atoms with Crippen LogP contribution < -0.4 is 0 Å². The molecule has 10 atom stereocenters. The van der Waals surface area contributed by atoms with Crippen molar-refractivity contribution < 1.29 is 19.7 Å². The molecule has 0 aromatic rings. The second kappa shape index (κ2) is 6.34. The van der Waals surface area contributed by atoms with Gasteiger partial charge in [-0.15, -0.1) is 0 Å². The van der Waals surface area contributed by atoms with Gasteiger partial charge in [-0.05, 0) is 90.4 Å². The van der Waals surface area contributed by atoms with Crippen molar-refractivity contribution >= 4 is 5.97 Å². The summed E-state index contributed by atoms with van der Waals surface area (Å²) in [6.45, 7) is 11.9. The van der Waals surface area contributed by atoms with E-state index < -0.39 is 0 Å². The molecule has 0 spiro atoms. The third kappa shape index (κ3) is 2.44. The summed E-state index contributed by atoms with van der Waals surface area (Å²) in [5.74, 6) is 1.13. The summed E-state index contributed by atoms with van der Waals surface area (Å²) in [7, 11) is 0. The van der Waals surface area contributed by atoms with E-state index >= 15 is 0 Å². The maximum Gasteiger partial charge on any atom is 0.331 e. The number of aliphatic hydroxyl groups excluding tert-OH is 2. The normalized spacial score (nSPS) is 56.8. The van der Waals surface area contributed by atoms with Crippen molar-refractivity contribution in [2.45, 2.75) is 97.9 Å². The first kappa shape index (κ1) is 21.0. The second-order valence-corrected chi connectivity index (χ2v) is 12.7. The van der Waals surface area contributed by atoms with Crippen LogP contribution in [0.3, 0.4) is 0 Å². The van der Waals surface area contributed by atoms with Gasteiger partial charge in [-0.3, -0.25) is 0 Å². The zero-order valence-electron chi connectivity index (χ0n) is 19.4. The molecule has 0 unspecified atom stereocenters. The van der Waals surface area contributed by atoms with E-state index in [1.54, 1.807) is 6.08 Å². The summed E-state index contributed by atoms with van der Waals surface area (Å²) < 4.78 is 5.61. The number of esters is 1. The van der Waals surface area contributed by atoms with Crippen LogP contribution in [0.1, 0.15) is 79.6 Å². The van der Waals surface area contributed by atoms with Gasteiger partial charge in [-0.2, -0.15) is 0 Å². The Bertz CT molecular complexity index is 773. The Morgan fingerprint density at radius 1 is 0.933 bits per heavy atom. The van der Waals surface area contributed by atoms with Crippen molar-refractivity contribution in [3.8, 4) is 0 Å². The Morgan fingerprint density at radius 3 is 2.30 bits per heavy atom.